The molecule has 0 heterocycles. The van der Waals surface area contributed by atoms with Gasteiger partial charge in [-0.2, -0.15) is 0 Å². The minimum absolute atomic E-state index is 0.115. The number of esters is 1. The van der Waals surface area contributed by atoms with Crippen molar-refractivity contribution in [1.29, 1.82) is 0 Å². The fourth-order valence-electron chi connectivity index (χ4n) is 3.35. The number of allylic oxidation sites excluding steroid dienone is 2. The van der Waals surface area contributed by atoms with Crippen LogP contribution in [0.15, 0.2) is 11.6 Å². The molecule has 0 saturated carbocycles. The predicted octanol–water partition coefficient (Wildman–Crippen LogP) is 7.33. The first-order chi connectivity index (χ1) is 11.8. The van der Waals surface area contributed by atoms with E-state index in [9.17, 15) is 4.79 Å². The van der Waals surface area contributed by atoms with Crippen LogP contribution in [0.1, 0.15) is 105 Å². The maximum atomic E-state index is 11.1. The van der Waals surface area contributed by atoms with Gasteiger partial charge in [0.1, 0.15) is 0 Å². The fourth-order valence-corrected chi connectivity index (χ4v) is 3.35. The molecule has 0 aromatic rings. The van der Waals surface area contributed by atoms with Gasteiger partial charge in [-0.05, 0) is 43.9 Å². The van der Waals surface area contributed by atoms with Gasteiger partial charge in [-0.25, -0.2) is 0 Å². The normalized spacial score (nSPS) is 14.6. The van der Waals surface area contributed by atoms with E-state index in [4.69, 9.17) is 0 Å². The van der Waals surface area contributed by atoms with Crippen molar-refractivity contribution < 1.29 is 9.53 Å². The zero-order valence-corrected chi connectivity index (χ0v) is 17.9. The van der Waals surface area contributed by atoms with Crippen molar-refractivity contribution in [1.82, 2.24) is 0 Å². The summed E-state index contributed by atoms with van der Waals surface area (Å²) in [6.45, 7) is 11.7. The van der Waals surface area contributed by atoms with Crippen LogP contribution in [0, 0.1) is 17.8 Å². The van der Waals surface area contributed by atoms with E-state index in [1.807, 2.05) is 0 Å². The van der Waals surface area contributed by atoms with Crippen molar-refractivity contribution in [3.05, 3.63) is 11.6 Å². The summed E-state index contributed by atoms with van der Waals surface area (Å²) in [5.41, 5.74) is 1.41. The van der Waals surface area contributed by atoms with Gasteiger partial charge < -0.3 is 4.74 Å². The van der Waals surface area contributed by atoms with E-state index in [1.165, 1.54) is 64.0 Å². The molecule has 0 radical (unpaired) electrons. The zero-order valence-electron chi connectivity index (χ0n) is 17.9. The van der Waals surface area contributed by atoms with Crippen LogP contribution in [0.3, 0.4) is 0 Å². The summed E-state index contributed by atoms with van der Waals surface area (Å²) in [5.74, 6) is 2.47. The predicted molar refractivity (Wildman–Crippen MR) is 110 cm³/mol. The Kier molecular flexibility index (Phi) is 15.0. The Morgan fingerprint density at radius 2 is 1.36 bits per heavy atom. The molecule has 2 nitrogen and oxygen atoms in total. The SMILES string of the molecule is COC(=O)CC/C=C(\C)CCCC(C)CCCC(C)CCCC(C)C. The van der Waals surface area contributed by atoms with Crippen molar-refractivity contribution in [2.24, 2.45) is 17.8 Å². The molecule has 2 heteroatoms. The molecular weight excluding hydrogens is 308 g/mol. The van der Waals surface area contributed by atoms with Crippen LogP contribution < -0.4 is 0 Å². The third-order valence-electron chi connectivity index (χ3n) is 5.21. The summed E-state index contributed by atoms with van der Waals surface area (Å²) in [5, 5.41) is 0. The summed E-state index contributed by atoms with van der Waals surface area (Å²) in [6.07, 6.45) is 15.6. The number of rotatable bonds is 15. The Hall–Kier alpha value is -0.790. The molecule has 0 spiro atoms. The lowest BCUT2D eigenvalue weighted by molar-refractivity contribution is -0.140. The molecule has 2 atom stereocenters. The second kappa shape index (κ2) is 15.5. The molecule has 0 aliphatic rings. The third-order valence-corrected chi connectivity index (χ3v) is 5.21. The highest BCUT2D eigenvalue weighted by Crippen LogP contribution is 2.22. The molecule has 0 aromatic carbocycles. The molecule has 0 saturated heterocycles. The summed E-state index contributed by atoms with van der Waals surface area (Å²) in [4.78, 5) is 11.1. The zero-order chi connectivity index (χ0) is 19.1. The van der Waals surface area contributed by atoms with Gasteiger partial charge in [-0.1, -0.05) is 84.3 Å². The summed E-state index contributed by atoms with van der Waals surface area (Å²) in [7, 11) is 1.45. The highest BCUT2D eigenvalue weighted by atomic mass is 16.5. The second-order valence-corrected chi connectivity index (χ2v) is 8.52. The van der Waals surface area contributed by atoms with Crippen LogP contribution >= 0.6 is 0 Å². The van der Waals surface area contributed by atoms with Gasteiger partial charge in [0.25, 0.3) is 0 Å². The number of ether oxygens (including phenoxy) is 1. The Morgan fingerprint density at radius 1 is 0.840 bits per heavy atom. The van der Waals surface area contributed by atoms with Gasteiger partial charge in [-0.3, -0.25) is 4.79 Å². The standard InChI is InChI=1S/C23H44O2/c1-19(2)11-7-12-20(3)13-8-14-21(4)15-9-16-22(5)17-10-18-23(24)25-6/h17,19-21H,7-16,18H2,1-6H3/b22-17+. The molecule has 0 bridgehead atoms. The van der Waals surface area contributed by atoms with Crippen molar-refractivity contribution in [2.45, 2.75) is 105 Å². The number of carbonyl (C=O) groups is 1. The lowest BCUT2D eigenvalue weighted by atomic mass is 9.91. The summed E-state index contributed by atoms with van der Waals surface area (Å²) >= 11 is 0. The van der Waals surface area contributed by atoms with E-state index in [0.29, 0.717) is 6.42 Å². The largest absolute Gasteiger partial charge is 0.469 e. The van der Waals surface area contributed by atoms with Gasteiger partial charge in [-0.15, -0.1) is 0 Å². The smallest absolute Gasteiger partial charge is 0.305 e. The van der Waals surface area contributed by atoms with Gasteiger partial charge in [0.15, 0.2) is 0 Å². The van der Waals surface area contributed by atoms with E-state index in [0.717, 1.165) is 30.6 Å². The van der Waals surface area contributed by atoms with E-state index in [-0.39, 0.29) is 5.97 Å². The average Bonchev–Trinajstić information content (AvgIpc) is 2.54. The third kappa shape index (κ3) is 16.4. The monoisotopic (exact) mass is 352 g/mol. The van der Waals surface area contributed by atoms with Crippen LogP contribution in [-0.4, -0.2) is 13.1 Å². The Labute approximate surface area is 157 Å². The topological polar surface area (TPSA) is 26.3 Å². The molecule has 0 aliphatic heterocycles. The summed E-state index contributed by atoms with van der Waals surface area (Å²) in [6, 6.07) is 0. The van der Waals surface area contributed by atoms with Gasteiger partial charge in [0.2, 0.25) is 0 Å². The van der Waals surface area contributed by atoms with Crippen LogP contribution in [-0.2, 0) is 9.53 Å². The van der Waals surface area contributed by atoms with Crippen molar-refractivity contribution >= 4 is 5.97 Å². The second-order valence-electron chi connectivity index (χ2n) is 8.52. The van der Waals surface area contributed by atoms with Gasteiger partial charge in [0, 0.05) is 6.42 Å². The number of methoxy groups -OCH3 is 1. The van der Waals surface area contributed by atoms with Crippen LogP contribution in [0.4, 0.5) is 0 Å². The van der Waals surface area contributed by atoms with Crippen LogP contribution in [0.25, 0.3) is 0 Å². The first kappa shape index (κ1) is 24.2. The number of carbonyl (C=O) groups excluding carboxylic acids is 1. The fraction of sp³-hybridized carbons (Fsp3) is 0.870. The van der Waals surface area contributed by atoms with Gasteiger partial charge >= 0.3 is 5.97 Å². The first-order valence-corrected chi connectivity index (χ1v) is 10.6. The molecule has 2 unspecified atom stereocenters. The molecule has 0 aromatic heterocycles. The van der Waals surface area contributed by atoms with Crippen molar-refractivity contribution in [3.63, 3.8) is 0 Å². The molecule has 148 valence electrons. The van der Waals surface area contributed by atoms with Crippen molar-refractivity contribution in [2.75, 3.05) is 7.11 Å². The molecule has 0 amide bonds. The van der Waals surface area contributed by atoms with Crippen LogP contribution in [0.5, 0.6) is 0 Å². The highest BCUT2D eigenvalue weighted by Gasteiger charge is 2.06. The Balaban J connectivity index is 3.64. The molecule has 0 N–H and O–H groups in total. The van der Waals surface area contributed by atoms with Gasteiger partial charge in [0.05, 0.1) is 7.11 Å². The van der Waals surface area contributed by atoms with Crippen LogP contribution in [0.2, 0.25) is 0 Å². The lowest BCUT2D eigenvalue weighted by Crippen LogP contribution is -2.00. The van der Waals surface area contributed by atoms with E-state index >= 15 is 0 Å². The molecule has 0 rings (SSSR count). The molecular formula is C23H44O2. The van der Waals surface area contributed by atoms with E-state index in [2.05, 4.69) is 45.4 Å². The maximum Gasteiger partial charge on any atom is 0.305 e. The highest BCUT2D eigenvalue weighted by molar-refractivity contribution is 5.69. The van der Waals surface area contributed by atoms with Crippen molar-refractivity contribution in [3.8, 4) is 0 Å². The minimum Gasteiger partial charge on any atom is -0.469 e. The molecule has 25 heavy (non-hydrogen) atoms. The minimum atomic E-state index is -0.115. The van der Waals surface area contributed by atoms with E-state index in [1.54, 1.807) is 0 Å². The van der Waals surface area contributed by atoms with E-state index < -0.39 is 0 Å². The summed E-state index contributed by atoms with van der Waals surface area (Å²) < 4.78 is 4.66. The Morgan fingerprint density at radius 3 is 1.88 bits per heavy atom. The number of hydrogen-bond acceptors (Lipinski definition) is 2. The molecule has 0 aliphatic carbocycles. The lowest BCUT2D eigenvalue weighted by Gasteiger charge is -2.15. The average molecular weight is 353 g/mol. The Bertz CT molecular complexity index is 357. The quantitative estimate of drug-likeness (QED) is 0.228. The number of hydrogen-bond donors (Lipinski definition) is 0. The molecule has 0 fully saturated rings. The first-order valence-electron chi connectivity index (χ1n) is 10.6. The maximum absolute atomic E-state index is 11.1.